The number of methoxy groups -OCH3 is 1. The van der Waals surface area contributed by atoms with E-state index in [0.29, 0.717) is 13.0 Å². The van der Waals surface area contributed by atoms with Gasteiger partial charge in [0, 0.05) is 19.5 Å². The SMILES string of the molecule is CCNc1nnc(SCC(=O)N2Cc3ccccc3C[C@H]2C(=O)OC)s1. The fourth-order valence-corrected chi connectivity index (χ4v) is 4.53. The number of amides is 1. The highest BCUT2D eigenvalue weighted by molar-refractivity contribution is 8.01. The van der Waals surface area contributed by atoms with Gasteiger partial charge >= 0.3 is 5.97 Å². The van der Waals surface area contributed by atoms with Gasteiger partial charge in [0.15, 0.2) is 4.34 Å². The molecule has 9 heteroatoms. The maximum absolute atomic E-state index is 12.8. The molecule has 1 aromatic carbocycles. The van der Waals surface area contributed by atoms with Crippen molar-refractivity contribution in [1.82, 2.24) is 15.1 Å². The van der Waals surface area contributed by atoms with Crippen LogP contribution in [0.2, 0.25) is 0 Å². The smallest absolute Gasteiger partial charge is 0.328 e. The van der Waals surface area contributed by atoms with E-state index < -0.39 is 6.04 Å². The van der Waals surface area contributed by atoms with Gasteiger partial charge in [-0.25, -0.2) is 4.79 Å². The summed E-state index contributed by atoms with van der Waals surface area (Å²) in [5.74, 6) is -0.292. The number of esters is 1. The molecule has 1 amide bonds. The first kappa shape index (κ1) is 18.7. The molecule has 0 saturated carbocycles. The first-order chi connectivity index (χ1) is 12.6. The number of hydrogen-bond donors (Lipinski definition) is 1. The molecule has 2 heterocycles. The molecule has 1 N–H and O–H groups in total. The molecule has 0 aliphatic carbocycles. The van der Waals surface area contributed by atoms with Crippen LogP contribution in [0.5, 0.6) is 0 Å². The number of carbonyl (C=O) groups excluding carboxylic acids is 2. The molecule has 3 rings (SSSR count). The Bertz CT molecular complexity index is 796. The summed E-state index contributed by atoms with van der Waals surface area (Å²) in [4.78, 5) is 26.6. The number of rotatable bonds is 6. The van der Waals surface area contributed by atoms with E-state index in [4.69, 9.17) is 4.74 Å². The summed E-state index contributed by atoms with van der Waals surface area (Å²) >= 11 is 2.75. The number of ether oxygens (including phenoxy) is 1. The number of aromatic nitrogens is 2. The summed E-state index contributed by atoms with van der Waals surface area (Å²) in [6.45, 7) is 3.17. The van der Waals surface area contributed by atoms with Crippen LogP contribution in [0, 0.1) is 0 Å². The predicted molar refractivity (Wildman–Crippen MR) is 101 cm³/mol. The molecule has 1 aromatic heterocycles. The first-order valence-corrected chi connectivity index (χ1v) is 10.1. The van der Waals surface area contributed by atoms with E-state index in [-0.39, 0.29) is 17.6 Å². The van der Waals surface area contributed by atoms with Crippen LogP contribution in [0.25, 0.3) is 0 Å². The van der Waals surface area contributed by atoms with E-state index in [1.165, 1.54) is 30.2 Å². The highest BCUT2D eigenvalue weighted by atomic mass is 32.2. The monoisotopic (exact) mass is 392 g/mol. The van der Waals surface area contributed by atoms with Crippen molar-refractivity contribution < 1.29 is 14.3 Å². The molecule has 0 spiro atoms. The zero-order valence-electron chi connectivity index (χ0n) is 14.6. The van der Waals surface area contributed by atoms with Crippen molar-refractivity contribution in [2.45, 2.75) is 30.3 Å². The molecular formula is C17H20N4O3S2. The van der Waals surface area contributed by atoms with Crippen molar-refractivity contribution in [2.75, 3.05) is 24.7 Å². The Labute approximate surface area is 160 Å². The third-order valence-electron chi connectivity index (χ3n) is 4.10. The van der Waals surface area contributed by atoms with Gasteiger partial charge in [-0.1, -0.05) is 47.4 Å². The standard InChI is InChI=1S/C17H20N4O3S2/c1-3-18-16-19-20-17(26-16)25-10-14(22)21-9-12-7-5-4-6-11(12)8-13(21)15(23)24-2/h4-7,13H,3,8-10H2,1-2H3,(H,18,19)/t13-/m0/s1. The largest absolute Gasteiger partial charge is 0.467 e. The van der Waals surface area contributed by atoms with Gasteiger partial charge in [0.25, 0.3) is 0 Å². The van der Waals surface area contributed by atoms with Crippen molar-refractivity contribution >= 4 is 40.1 Å². The van der Waals surface area contributed by atoms with E-state index in [9.17, 15) is 9.59 Å². The number of benzene rings is 1. The van der Waals surface area contributed by atoms with Crippen LogP contribution in [-0.2, 0) is 27.3 Å². The summed E-state index contributed by atoms with van der Waals surface area (Å²) in [6, 6.07) is 7.28. The molecule has 0 radical (unpaired) electrons. The van der Waals surface area contributed by atoms with Gasteiger partial charge in [-0.05, 0) is 18.1 Å². The summed E-state index contributed by atoms with van der Waals surface area (Å²) in [5.41, 5.74) is 2.15. The lowest BCUT2D eigenvalue weighted by molar-refractivity contribution is -0.153. The minimum absolute atomic E-state index is 0.111. The molecule has 1 aliphatic heterocycles. The molecule has 0 fully saturated rings. The van der Waals surface area contributed by atoms with Gasteiger partial charge in [0.1, 0.15) is 6.04 Å². The number of nitrogens with zero attached hydrogens (tertiary/aromatic N) is 3. The molecule has 1 atom stereocenters. The van der Waals surface area contributed by atoms with E-state index in [1.54, 1.807) is 4.90 Å². The fourth-order valence-electron chi connectivity index (χ4n) is 2.83. The van der Waals surface area contributed by atoms with Crippen molar-refractivity contribution in [3.05, 3.63) is 35.4 Å². The number of anilines is 1. The minimum Gasteiger partial charge on any atom is -0.467 e. The number of carbonyl (C=O) groups is 2. The van der Waals surface area contributed by atoms with Crippen LogP contribution < -0.4 is 5.32 Å². The van der Waals surface area contributed by atoms with Gasteiger partial charge < -0.3 is 15.0 Å². The maximum Gasteiger partial charge on any atom is 0.328 e. The van der Waals surface area contributed by atoms with Crippen LogP contribution in [0.1, 0.15) is 18.1 Å². The fraction of sp³-hybridized carbons (Fsp3) is 0.412. The lowest BCUT2D eigenvalue weighted by Crippen LogP contribution is -2.49. The summed E-state index contributed by atoms with van der Waals surface area (Å²) in [6.07, 6.45) is 0.475. The average molecular weight is 393 g/mol. The summed E-state index contributed by atoms with van der Waals surface area (Å²) < 4.78 is 5.63. The van der Waals surface area contributed by atoms with Gasteiger partial charge in [-0.2, -0.15) is 0 Å². The molecule has 1 aliphatic rings. The lowest BCUT2D eigenvalue weighted by atomic mass is 9.94. The third kappa shape index (κ3) is 4.16. The van der Waals surface area contributed by atoms with E-state index in [1.807, 2.05) is 31.2 Å². The van der Waals surface area contributed by atoms with Crippen LogP contribution in [0.3, 0.4) is 0 Å². The highest BCUT2D eigenvalue weighted by Crippen LogP contribution is 2.28. The summed E-state index contributed by atoms with van der Waals surface area (Å²) in [7, 11) is 1.35. The number of hydrogen-bond acceptors (Lipinski definition) is 8. The van der Waals surface area contributed by atoms with Crippen LogP contribution in [0.15, 0.2) is 28.6 Å². The first-order valence-electron chi connectivity index (χ1n) is 8.26. The number of fused-ring (bicyclic) bond motifs is 1. The molecule has 2 aromatic rings. The van der Waals surface area contributed by atoms with Crippen molar-refractivity contribution in [3.63, 3.8) is 0 Å². The highest BCUT2D eigenvalue weighted by Gasteiger charge is 2.35. The second-order valence-corrected chi connectivity index (χ2v) is 7.93. The topological polar surface area (TPSA) is 84.4 Å². The number of thioether (sulfide) groups is 1. The molecule has 0 saturated heterocycles. The Hall–Kier alpha value is -2.13. The maximum atomic E-state index is 12.8. The second kappa shape index (κ2) is 8.50. The molecule has 138 valence electrons. The predicted octanol–water partition coefficient (Wildman–Crippen LogP) is 2.19. The zero-order valence-corrected chi connectivity index (χ0v) is 16.2. The molecule has 0 bridgehead atoms. The Morgan fingerprint density at radius 3 is 2.85 bits per heavy atom. The minimum atomic E-state index is -0.588. The zero-order chi connectivity index (χ0) is 18.5. The molecule has 26 heavy (non-hydrogen) atoms. The van der Waals surface area contributed by atoms with Crippen molar-refractivity contribution in [2.24, 2.45) is 0 Å². The van der Waals surface area contributed by atoms with E-state index in [0.717, 1.165) is 27.1 Å². The lowest BCUT2D eigenvalue weighted by Gasteiger charge is -2.35. The Morgan fingerprint density at radius 2 is 2.12 bits per heavy atom. The van der Waals surface area contributed by atoms with Crippen molar-refractivity contribution in [3.8, 4) is 0 Å². The third-order valence-corrected chi connectivity index (χ3v) is 6.09. The quantitative estimate of drug-likeness (QED) is 0.596. The van der Waals surface area contributed by atoms with Gasteiger partial charge in [0.2, 0.25) is 11.0 Å². The van der Waals surface area contributed by atoms with Crippen LogP contribution in [-0.4, -0.2) is 52.4 Å². The van der Waals surface area contributed by atoms with Crippen LogP contribution >= 0.6 is 23.1 Å². The van der Waals surface area contributed by atoms with Crippen molar-refractivity contribution in [1.29, 1.82) is 0 Å². The number of nitrogens with one attached hydrogen (secondary N) is 1. The second-order valence-electron chi connectivity index (χ2n) is 5.73. The van der Waals surface area contributed by atoms with Gasteiger partial charge in [0.05, 0.1) is 12.9 Å². The average Bonchev–Trinajstić information content (AvgIpc) is 3.12. The van der Waals surface area contributed by atoms with Gasteiger partial charge in [-0.15, -0.1) is 10.2 Å². The molecule has 0 unspecified atom stereocenters. The van der Waals surface area contributed by atoms with Gasteiger partial charge in [-0.3, -0.25) is 4.79 Å². The normalized spacial score (nSPS) is 16.1. The van der Waals surface area contributed by atoms with Crippen LogP contribution in [0.4, 0.5) is 5.13 Å². The Morgan fingerprint density at radius 1 is 1.35 bits per heavy atom. The molecule has 7 nitrogen and oxygen atoms in total. The Balaban J connectivity index is 1.70. The molecular weight excluding hydrogens is 372 g/mol. The summed E-state index contributed by atoms with van der Waals surface area (Å²) in [5, 5.41) is 11.9. The van der Waals surface area contributed by atoms with E-state index >= 15 is 0 Å². The Kier molecular flexibility index (Phi) is 6.10. The van der Waals surface area contributed by atoms with E-state index in [2.05, 4.69) is 15.5 Å².